The molecule has 18 heavy (non-hydrogen) atoms. The molecule has 0 aliphatic carbocycles. The van der Waals surface area contributed by atoms with Gasteiger partial charge in [0, 0.05) is 13.1 Å². The number of nitrogens with one attached hydrogen (secondary N) is 3. The zero-order chi connectivity index (χ0) is 13.5. The van der Waals surface area contributed by atoms with E-state index in [1.807, 2.05) is 0 Å². The van der Waals surface area contributed by atoms with E-state index < -0.39 is 30.0 Å². The van der Waals surface area contributed by atoms with Gasteiger partial charge in [-0.25, -0.2) is 9.59 Å². The number of ether oxygens (including phenoxy) is 1. The van der Waals surface area contributed by atoms with E-state index in [0.717, 1.165) is 0 Å². The van der Waals surface area contributed by atoms with Crippen LogP contribution in [0, 0.1) is 5.92 Å². The van der Waals surface area contributed by atoms with Crippen LogP contribution in [0.15, 0.2) is 0 Å². The fourth-order valence-electron chi connectivity index (χ4n) is 1.52. The van der Waals surface area contributed by atoms with E-state index in [0.29, 0.717) is 0 Å². The number of primary amides is 1. The third-order valence-electron chi connectivity index (χ3n) is 2.42. The van der Waals surface area contributed by atoms with Crippen LogP contribution in [0.2, 0.25) is 0 Å². The maximum Gasteiger partial charge on any atom is 0.315 e. The van der Waals surface area contributed by atoms with Gasteiger partial charge in [0.15, 0.2) is 0 Å². The maximum atomic E-state index is 11.4. The monoisotopic (exact) mass is 260 g/mol. The molecule has 0 radical (unpaired) electrons. The Morgan fingerprint density at radius 1 is 1.22 bits per heavy atom. The summed E-state index contributed by atoms with van der Waals surface area (Å²) >= 11 is 0. The molecule has 1 heterocycles. The fourth-order valence-corrected chi connectivity index (χ4v) is 1.52. The molecule has 1 rings (SSSR count). The molecule has 1 saturated heterocycles. The zero-order valence-corrected chi connectivity index (χ0v) is 9.64. The summed E-state index contributed by atoms with van der Waals surface area (Å²) in [5.74, 6) is -1.74. The second-order valence-corrected chi connectivity index (χ2v) is 3.78. The van der Waals surface area contributed by atoms with Crippen molar-refractivity contribution in [3.8, 4) is 0 Å². The minimum absolute atomic E-state index is 0.0868. The molecule has 102 valence electrons. The summed E-state index contributed by atoms with van der Waals surface area (Å²) < 4.78 is 4.99. The first-order valence-electron chi connectivity index (χ1n) is 5.39. The molecule has 0 bridgehead atoms. The van der Waals surface area contributed by atoms with Crippen LogP contribution in [-0.4, -0.2) is 55.5 Å². The molecule has 1 fully saturated rings. The van der Waals surface area contributed by atoms with Crippen molar-refractivity contribution in [1.82, 2.24) is 16.0 Å². The normalized spacial score (nSPS) is 22.2. The predicted octanol–water partition coefficient (Wildman–Crippen LogP) is -1.95. The van der Waals surface area contributed by atoms with E-state index >= 15 is 0 Å². The number of carboxylic acids is 1. The molecule has 9 nitrogen and oxygen atoms in total. The number of rotatable bonds is 5. The van der Waals surface area contributed by atoms with Gasteiger partial charge in [0.1, 0.15) is 5.92 Å². The molecule has 0 spiro atoms. The van der Waals surface area contributed by atoms with Gasteiger partial charge in [0.25, 0.3) is 0 Å². The van der Waals surface area contributed by atoms with Crippen LogP contribution in [-0.2, 0) is 9.53 Å². The van der Waals surface area contributed by atoms with Crippen LogP contribution in [0.3, 0.4) is 0 Å². The third kappa shape index (κ3) is 4.45. The Bertz CT molecular complexity index is 335. The Morgan fingerprint density at radius 3 is 2.50 bits per heavy atom. The Kier molecular flexibility index (Phi) is 5.18. The number of amides is 4. The number of hydrogen-bond acceptors (Lipinski definition) is 4. The summed E-state index contributed by atoms with van der Waals surface area (Å²) in [5.41, 5.74) is 4.83. The highest BCUT2D eigenvalue weighted by atomic mass is 16.5. The third-order valence-corrected chi connectivity index (χ3v) is 2.42. The molecule has 6 N–H and O–H groups in total. The summed E-state index contributed by atoms with van der Waals surface area (Å²) in [6.45, 7) is 0.653. The van der Waals surface area contributed by atoms with Crippen LogP contribution in [0.5, 0.6) is 0 Å². The van der Waals surface area contributed by atoms with Gasteiger partial charge >= 0.3 is 18.0 Å². The first-order valence-corrected chi connectivity index (χ1v) is 5.39. The number of urea groups is 2. The minimum Gasteiger partial charge on any atom is -0.481 e. The van der Waals surface area contributed by atoms with Crippen molar-refractivity contribution >= 4 is 18.0 Å². The van der Waals surface area contributed by atoms with Gasteiger partial charge in [-0.1, -0.05) is 0 Å². The number of carbonyl (C=O) groups excluding carboxylic acids is 2. The summed E-state index contributed by atoms with van der Waals surface area (Å²) in [5, 5.41) is 16.1. The van der Waals surface area contributed by atoms with Crippen molar-refractivity contribution in [2.24, 2.45) is 11.7 Å². The van der Waals surface area contributed by atoms with Crippen molar-refractivity contribution in [1.29, 1.82) is 0 Å². The smallest absolute Gasteiger partial charge is 0.315 e. The van der Waals surface area contributed by atoms with Crippen molar-refractivity contribution in [3.05, 3.63) is 0 Å². The topological polar surface area (TPSA) is 143 Å². The molecule has 2 atom stereocenters. The Labute approximate surface area is 103 Å². The summed E-state index contributed by atoms with van der Waals surface area (Å²) in [7, 11) is 0. The summed E-state index contributed by atoms with van der Waals surface area (Å²) in [4.78, 5) is 32.6. The van der Waals surface area contributed by atoms with Gasteiger partial charge in [-0.2, -0.15) is 0 Å². The van der Waals surface area contributed by atoms with Gasteiger partial charge in [-0.05, 0) is 0 Å². The predicted molar refractivity (Wildman–Crippen MR) is 59.9 cm³/mol. The zero-order valence-electron chi connectivity index (χ0n) is 9.64. The largest absolute Gasteiger partial charge is 0.481 e. The van der Waals surface area contributed by atoms with E-state index in [2.05, 4.69) is 16.0 Å². The number of carbonyl (C=O) groups is 3. The second-order valence-electron chi connectivity index (χ2n) is 3.78. The lowest BCUT2D eigenvalue weighted by Crippen LogP contribution is -2.48. The van der Waals surface area contributed by atoms with Crippen LogP contribution < -0.4 is 21.7 Å². The first kappa shape index (κ1) is 14.0. The number of nitrogens with two attached hydrogens (primary N) is 1. The van der Waals surface area contributed by atoms with E-state index in [1.165, 1.54) is 0 Å². The van der Waals surface area contributed by atoms with E-state index in [1.54, 1.807) is 0 Å². The summed E-state index contributed by atoms with van der Waals surface area (Å²) in [6, 6.07) is -1.73. The molecular formula is C9H16N4O5. The fraction of sp³-hybridized carbons (Fsp3) is 0.667. The van der Waals surface area contributed by atoms with Crippen molar-refractivity contribution in [3.63, 3.8) is 0 Å². The highest BCUT2D eigenvalue weighted by Crippen LogP contribution is 2.13. The van der Waals surface area contributed by atoms with Crippen molar-refractivity contribution < 1.29 is 24.2 Å². The molecule has 9 heteroatoms. The van der Waals surface area contributed by atoms with Gasteiger partial charge in [0.05, 0.1) is 19.3 Å². The molecule has 2 unspecified atom stereocenters. The van der Waals surface area contributed by atoms with Crippen molar-refractivity contribution in [2.75, 3.05) is 26.3 Å². The number of carboxylic acid groups (broad SMARTS) is 1. The maximum absolute atomic E-state index is 11.4. The molecule has 0 aromatic rings. The van der Waals surface area contributed by atoms with Crippen LogP contribution in [0.4, 0.5) is 9.59 Å². The van der Waals surface area contributed by atoms with E-state index in [9.17, 15) is 14.4 Å². The van der Waals surface area contributed by atoms with Gasteiger partial charge < -0.3 is 31.5 Å². The van der Waals surface area contributed by atoms with E-state index in [-0.39, 0.29) is 26.3 Å². The second kappa shape index (κ2) is 6.64. The van der Waals surface area contributed by atoms with Crippen LogP contribution in [0.25, 0.3) is 0 Å². The van der Waals surface area contributed by atoms with Crippen molar-refractivity contribution in [2.45, 2.75) is 6.04 Å². The lowest BCUT2D eigenvalue weighted by Gasteiger charge is -2.16. The average molecular weight is 260 g/mol. The highest BCUT2D eigenvalue weighted by Gasteiger charge is 2.34. The standard InChI is InChI=1S/C9H16N4O5/c10-8(16)11-1-2-12-9(17)13-6-4-18-3-5(6)7(14)15/h5-6H,1-4H2,(H,14,15)(H3,10,11,16)(H2,12,13,17). The van der Waals surface area contributed by atoms with Crippen LogP contribution >= 0.6 is 0 Å². The minimum atomic E-state index is -1.01. The van der Waals surface area contributed by atoms with Crippen LogP contribution in [0.1, 0.15) is 0 Å². The molecule has 1 aliphatic rings. The lowest BCUT2D eigenvalue weighted by molar-refractivity contribution is -0.142. The molecule has 0 aromatic carbocycles. The quantitative estimate of drug-likeness (QED) is 0.365. The molecule has 0 aromatic heterocycles. The Hall–Kier alpha value is -2.03. The van der Waals surface area contributed by atoms with E-state index in [4.69, 9.17) is 15.6 Å². The number of aliphatic carboxylic acids is 1. The molecule has 0 saturated carbocycles. The first-order chi connectivity index (χ1) is 8.50. The van der Waals surface area contributed by atoms with Gasteiger partial charge in [-0.15, -0.1) is 0 Å². The molecule has 1 aliphatic heterocycles. The van der Waals surface area contributed by atoms with Gasteiger partial charge in [0.2, 0.25) is 0 Å². The SMILES string of the molecule is NC(=O)NCCNC(=O)NC1COCC1C(=O)O. The lowest BCUT2D eigenvalue weighted by atomic mass is 10.0. The Balaban J connectivity index is 2.23. The number of hydrogen-bond donors (Lipinski definition) is 5. The Morgan fingerprint density at radius 2 is 1.89 bits per heavy atom. The summed E-state index contributed by atoms with van der Waals surface area (Å²) in [6.07, 6.45) is 0. The highest BCUT2D eigenvalue weighted by molar-refractivity contribution is 5.77. The molecular weight excluding hydrogens is 244 g/mol. The average Bonchev–Trinajstić information content (AvgIpc) is 2.72. The van der Waals surface area contributed by atoms with Gasteiger partial charge in [-0.3, -0.25) is 4.79 Å². The molecule has 4 amide bonds.